The van der Waals surface area contributed by atoms with Crippen LogP contribution in [0.2, 0.25) is 0 Å². The Hall–Kier alpha value is -1.51. The molecule has 0 amide bonds. The van der Waals surface area contributed by atoms with Gasteiger partial charge in [0, 0.05) is 19.0 Å². The van der Waals surface area contributed by atoms with Crippen LogP contribution in [0.5, 0.6) is 5.75 Å². The van der Waals surface area contributed by atoms with Crippen LogP contribution in [0.15, 0.2) is 48.5 Å². The lowest BCUT2D eigenvalue weighted by Crippen LogP contribution is -2.35. The van der Waals surface area contributed by atoms with Crippen molar-refractivity contribution in [3.8, 4) is 5.75 Å². The summed E-state index contributed by atoms with van der Waals surface area (Å²) in [5.74, 6) is 1.03. The van der Waals surface area contributed by atoms with Gasteiger partial charge in [0.2, 0.25) is 0 Å². The number of halogens is 1. The highest BCUT2D eigenvalue weighted by Gasteiger charge is 2.31. The third-order valence-corrected chi connectivity index (χ3v) is 4.85. The van der Waals surface area contributed by atoms with Crippen LogP contribution in [-0.2, 0) is 12.8 Å². The first kappa shape index (κ1) is 13.2. The van der Waals surface area contributed by atoms with Crippen molar-refractivity contribution < 1.29 is 4.74 Å². The van der Waals surface area contributed by atoms with Crippen LogP contribution in [0.25, 0.3) is 0 Å². The van der Waals surface area contributed by atoms with Crippen molar-refractivity contribution in [1.82, 2.24) is 5.32 Å². The Labute approximate surface area is 130 Å². The monoisotopic (exact) mass is 299 g/mol. The van der Waals surface area contributed by atoms with Crippen LogP contribution in [-0.4, -0.2) is 18.0 Å². The van der Waals surface area contributed by atoms with E-state index in [0.29, 0.717) is 0 Å². The minimum atomic E-state index is 0.131. The van der Waals surface area contributed by atoms with Gasteiger partial charge in [0.15, 0.2) is 0 Å². The second-order valence-electron chi connectivity index (χ2n) is 5.86. The Morgan fingerprint density at radius 2 is 1.76 bits per heavy atom. The Morgan fingerprint density at radius 3 is 2.62 bits per heavy atom. The maximum atomic E-state index is 6.51. The summed E-state index contributed by atoms with van der Waals surface area (Å²) in [4.78, 5) is 0. The molecule has 0 saturated carbocycles. The smallest absolute Gasteiger partial charge is 0.123 e. The minimum absolute atomic E-state index is 0.131. The van der Waals surface area contributed by atoms with Crippen LogP contribution in [0.4, 0.5) is 0 Å². The second kappa shape index (κ2) is 5.36. The molecule has 2 nitrogen and oxygen atoms in total. The largest absolute Gasteiger partial charge is 0.488 e. The fourth-order valence-corrected chi connectivity index (χ4v) is 3.80. The zero-order valence-corrected chi connectivity index (χ0v) is 12.5. The molecule has 108 valence electrons. The molecule has 4 rings (SSSR count). The van der Waals surface area contributed by atoms with E-state index in [1.165, 1.54) is 16.7 Å². The lowest BCUT2D eigenvalue weighted by atomic mass is 10.1. The number of hydrogen-bond donors (Lipinski definition) is 1. The highest BCUT2D eigenvalue weighted by Crippen LogP contribution is 2.35. The van der Waals surface area contributed by atoms with Crippen molar-refractivity contribution in [3.05, 3.63) is 65.2 Å². The van der Waals surface area contributed by atoms with E-state index in [1.807, 2.05) is 12.1 Å². The molecule has 2 aromatic carbocycles. The molecule has 1 aliphatic carbocycles. The summed E-state index contributed by atoms with van der Waals surface area (Å²) in [6.45, 7) is 0.830. The summed E-state index contributed by atoms with van der Waals surface area (Å²) >= 11 is 6.51. The van der Waals surface area contributed by atoms with E-state index >= 15 is 0 Å². The maximum Gasteiger partial charge on any atom is 0.123 e. The zero-order chi connectivity index (χ0) is 14.2. The Bertz CT molecular complexity index is 632. The van der Waals surface area contributed by atoms with Gasteiger partial charge < -0.3 is 10.1 Å². The number of alkyl halides is 1. The molecule has 21 heavy (non-hydrogen) atoms. The van der Waals surface area contributed by atoms with Gasteiger partial charge in [-0.3, -0.25) is 0 Å². The fraction of sp³-hybridized carbons (Fsp3) is 0.333. The van der Waals surface area contributed by atoms with Gasteiger partial charge in [-0.05, 0) is 29.2 Å². The third-order valence-electron chi connectivity index (χ3n) is 4.45. The molecule has 2 aromatic rings. The molecule has 0 fully saturated rings. The third kappa shape index (κ3) is 2.43. The van der Waals surface area contributed by atoms with Gasteiger partial charge in [-0.2, -0.15) is 0 Å². The Balaban J connectivity index is 1.42. The van der Waals surface area contributed by atoms with Crippen LogP contribution in [0.3, 0.4) is 0 Å². The Kier molecular flexibility index (Phi) is 3.36. The van der Waals surface area contributed by atoms with Crippen LogP contribution in [0, 0.1) is 0 Å². The molecule has 3 unspecified atom stereocenters. The van der Waals surface area contributed by atoms with Crippen molar-refractivity contribution in [2.75, 3.05) is 6.54 Å². The number of ether oxygens (including phenoxy) is 1. The van der Waals surface area contributed by atoms with Crippen molar-refractivity contribution >= 4 is 11.6 Å². The summed E-state index contributed by atoms with van der Waals surface area (Å²) < 4.78 is 5.98. The average molecular weight is 300 g/mol. The first-order chi connectivity index (χ1) is 10.3. The first-order valence-electron chi connectivity index (χ1n) is 7.51. The number of nitrogens with one attached hydrogen (secondary N) is 1. The van der Waals surface area contributed by atoms with Crippen molar-refractivity contribution in [1.29, 1.82) is 0 Å². The van der Waals surface area contributed by atoms with Gasteiger partial charge in [-0.1, -0.05) is 42.5 Å². The van der Waals surface area contributed by atoms with E-state index in [-0.39, 0.29) is 17.5 Å². The molecule has 2 aliphatic rings. The maximum absolute atomic E-state index is 6.51. The van der Waals surface area contributed by atoms with Gasteiger partial charge in [-0.25, -0.2) is 0 Å². The van der Waals surface area contributed by atoms with Crippen molar-refractivity contribution in [3.63, 3.8) is 0 Å². The average Bonchev–Trinajstić information content (AvgIpc) is 3.04. The molecule has 0 aromatic heterocycles. The molecular weight excluding hydrogens is 282 g/mol. The summed E-state index contributed by atoms with van der Waals surface area (Å²) in [7, 11) is 0. The van der Waals surface area contributed by atoms with E-state index in [0.717, 1.165) is 25.1 Å². The lowest BCUT2D eigenvalue weighted by molar-refractivity contribution is 0.221. The van der Waals surface area contributed by atoms with Crippen LogP contribution < -0.4 is 10.1 Å². The van der Waals surface area contributed by atoms with Gasteiger partial charge in [0.25, 0.3) is 0 Å². The summed E-state index contributed by atoms with van der Waals surface area (Å²) in [5.41, 5.74) is 4.01. The van der Waals surface area contributed by atoms with Crippen molar-refractivity contribution in [2.45, 2.75) is 30.4 Å². The summed E-state index contributed by atoms with van der Waals surface area (Å²) in [6.07, 6.45) is 2.13. The van der Waals surface area contributed by atoms with E-state index < -0.39 is 0 Å². The zero-order valence-electron chi connectivity index (χ0n) is 11.8. The lowest BCUT2D eigenvalue weighted by Gasteiger charge is -2.20. The summed E-state index contributed by atoms with van der Waals surface area (Å²) in [5, 5.41) is 3.74. The van der Waals surface area contributed by atoms with E-state index in [9.17, 15) is 0 Å². The van der Waals surface area contributed by atoms with E-state index in [2.05, 4.69) is 41.7 Å². The topological polar surface area (TPSA) is 21.3 Å². The molecule has 3 atom stereocenters. The molecule has 1 N–H and O–H groups in total. The SMILES string of the molecule is ClC1Cc2ccccc2C1NCC1Cc2ccccc2O1. The fourth-order valence-electron chi connectivity index (χ4n) is 3.41. The molecular formula is C18H18ClNO. The molecule has 0 radical (unpaired) electrons. The molecule has 0 bridgehead atoms. The van der Waals surface area contributed by atoms with Crippen molar-refractivity contribution in [2.24, 2.45) is 0 Å². The normalized spacial score (nSPS) is 26.2. The molecule has 1 aliphatic heterocycles. The van der Waals surface area contributed by atoms with Crippen LogP contribution >= 0.6 is 11.6 Å². The van der Waals surface area contributed by atoms with E-state index in [4.69, 9.17) is 16.3 Å². The number of benzene rings is 2. The van der Waals surface area contributed by atoms with Crippen LogP contribution in [0.1, 0.15) is 22.7 Å². The molecule has 0 spiro atoms. The highest BCUT2D eigenvalue weighted by molar-refractivity contribution is 6.21. The standard InChI is InChI=1S/C18H18ClNO/c19-16-10-12-5-1-3-7-15(12)18(16)20-11-14-9-13-6-2-4-8-17(13)21-14/h1-8,14,16,18,20H,9-11H2. The van der Waals surface area contributed by atoms with Gasteiger partial charge in [0.05, 0.1) is 5.38 Å². The predicted molar refractivity (Wildman–Crippen MR) is 85.1 cm³/mol. The Morgan fingerprint density at radius 1 is 1.00 bits per heavy atom. The number of para-hydroxylation sites is 1. The van der Waals surface area contributed by atoms with Gasteiger partial charge >= 0.3 is 0 Å². The van der Waals surface area contributed by atoms with Gasteiger partial charge in [-0.15, -0.1) is 11.6 Å². The molecule has 3 heteroatoms. The number of rotatable bonds is 3. The number of hydrogen-bond acceptors (Lipinski definition) is 2. The highest BCUT2D eigenvalue weighted by atomic mass is 35.5. The minimum Gasteiger partial charge on any atom is -0.488 e. The van der Waals surface area contributed by atoms with E-state index in [1.54, 1.807) is 0 Å². The number of fused-ring (bicyclic) bond motifs is 2. The first-order valence-corrected chi connectivity index (χ1v) is 7.95. The molecule has 0 saturated heterocycles. The molecule has 1 heterocycles. The van der Waals surface area contributed by atoms with Gasteiger partial charge in [0.1, 0.15) is 11.9 Å². The summed E-state index contributed by atoms with van der Waals surface area (Å²) in [6, 6.07) is 17.0. The quantitative estimate of drug-likeness (QED) is 0.876. The predicted octanol–water partition coefficient (Wildman–Crippen LogP) is 3.48. The second-order valence-corrected chi connectivity index (χ2v) is 6.42.